The van der Waals surface area contributed by atoms with Gasteiger partial charge in [0.25, 0.3) is 0 Å². The van der Waals surface area contributed by atoms with E-state index in [1.54, 1.807) is 12.1 Å². The average molecular weight is 244 g/mol. The number of nitrogens with zero attached hydrogens (tertiary/aromatic N) is 2. The average Bonchev–Trinajstić information content (AvgIpc) is 2.85. The van der Waals surface area contributed by atoms with Gasteiger partial charge in [0.2, 0.25) is 0 Å². The molecule has 0 unspecified atom stereocenters. The molecule has 2 rings (SSSR count). The quantitative estimate of drug-likeness (QED) is 0.760. The predicted octanol–water partition coefficient (Wildman–Crippen LogP) is 2.86. The van der Waals surface area contributed by atoms with Crippen molar-refractivity contribution in [2.45, 2.75) is 26.5 Å². The Morgan fingerprint density at radius 3 is 2.78 bits per heavy atom. The predicted molar refractivity (Wildman–Crippen MR) is 68.8 cm³/mol. The highest BCUT2D eigenvalue weighted by Gasteiger charge is 2.05. The standard InChI is InChI=1S/C14H16N2O2/c1-11(2)16-8-7-13(15-16)10-18-14-6-4-3-5-12(14)9-17/h3-9,11H,10H2,1-2H3. The van der Waals surface area contributed by atoms with Gasteiger partial charge in [-0.1, -0.05) is 12.1 Å². The summed E-state index contributed by atoms with van der Waals surface area (Å²) in [6.07, 6.45) is 2.72. The summed E-state index contributed by atoms with van der Waals surface area (Å²) in [4.78, 5) is 10.8. The van der Waals surface area contributed by atoms with Crippen molar-refractivity contribution in [1.29, 1.82) is 0 Å². The Labute approximate surface area is 106 Å². The van der Waals surface area contributed by atoms with Crippen LogP contribution < -0.4 is 4.74 Å². The smallest absolute Gasteiger partial charge is 0.153 e. The summed E-state index contributed by atoms with van der Waals surface area (Å²) >= 11 is 0. The third-order valence-electron chi connectivity index (χ3n) is 2.61. The van der Waals surface area contributed by atoms with Gasteiger partial charge in [-0.2, -0.15) is 5.10 Å². The summed E-state index contributed by atoms with van der Waals surface area (Å²) in [6.45, 7) is 4.50. The number of aldehydes is 1. The molecule has 0 radical (unpaired) electrons. The molecule has 4 nitrogen and oxygen atoms in total. The fourth-order valence-electron chi connectivity index (χ4n) is 1.60. The van der Waals surface area contributed by atoms with E-state index in [-0.39, 0.29) is 0 Å². The van der Waals surface area contributed by atoms with E-state index in [0.29, 0.717) is 24.0 Å². The maximum absolute atomic E-state index is 10.8. The first kappa shape index (κ1) is 12.4. The number of rotatable bonds is 5. The zero-order valence-corrected chi connectivity index (χ0v) is 10.5. The number of benzene rings is 1. The summed E-state index contributed by atoms with van der Waals surface area (Å²) in [5.74, 6) is 0.589. The Morgan fingerprint density at radius 1 is 1.33 bits per heavy atom. The summed E-state index contributed by atoms with van der Waals surface area (Å²) in [6, 6.07) is 9.42. The molecule has 0 saturated heterocycles. The van der Waals surface area contributed by atoms with Crippen LogP contribution in [0.5, 0.6) is 5.75 Å². The monoisotopic (exact) mass is 244 g/mol. The molecule has 0 fully saturated rings. The molecular formula is C14H16N2O2. The van der Waals surface area contributed by atoms with Crippen molar-refractivity contribution in [3.8, 4) is 5.75 Å². The fraction of sp³-hybridized carbons (Fsp3) is 0.286. The Kier molecular flexibility index (Phi) is 3.77. The van der Waals surface area contributed by atoms with Crippen molar-refractivity contribution in [3.63, 3.8) is 0 Å². The molecule has 0 atom stereocenters. The third-order valence-corrected chi connectivity index (χ3v) is 2.61. The van der Waals surface area contributed by atoms with Gasteiger partial charge in [0, 0.05) is 12.2 Å². The number of carbonyl (C=O) groups excluding carboxylic acids is 1. The Balaban J connectivity index is 2.04. The second kappa shape index (κ2) is 5.49. The molecule has 1 aromatic heterocycles. The lowest BCUT2D eigenvalue weighted by molar-refractivity contribution is 0.111. The van der Waals surface area contributed by atoms with E-state index in [0.717, 1.165) is 12.0 Å². The molecule has 1 heterocycles. The second-order valence-electron chi connectivity index (χ2n) is 4.33. The topological polar surface area (TPSA) is 44.1 Å². The molecule has 2 aromatic rings. The summed E-state index contributed by atoms with van der Waals surface area (Å²) in [5, 5.41) is 4.38. The van der Waals surface area contributed by atoms with Crippen LogP contribution in [0.25, 0.3) is 0 Å². The number of carbonyl (C=O) groups is 1. The van der Waals surface area contributed by atoms with Crippen molar-refractivity contribution in [3.05, 3.63) is 47.8 Å². The van der Waals surface area contributed by atoms with Crippen LogP contribution in [0.1, 0.15) is 35.9 Å². The number of para-hydroxylation sites is 1. The first-order valence-corrected chi connectivity index (χ1v) is 5.91. The molecule has 94 valence electrons. The summed E-state index contributed by atoms with van der Waals surface area (Å²) < 4.78 is 7.48. The highest BCUT2D eigenvalue weighted by Crippen LogP contribution is 2.17. The normalized spacial score (nSPS) is 10.6. The lowest BCUT2D eigenvalue weighted by Crippen LogP contribution is -2.04. The van der Waals surface area contributed by atoms with Crippen molar-refractivity contribution < 1.29 is 9.53 Å². The van der Waals surface area contributed by atoms with E-state index in [1.165, 1.54) is 0 Å². The number of hydrogen-bond donors (Lipinski definition) is 0. The van der Waals surface area contributed by atoms with E-state index in [1.807, 2.05) is 29.1 Å². The fourth-order valence-corrected chi connectivity index (χ4v) is 1.60. The number of aromatic nitrogens is 2. The first-order valence-electron chi connectivity index (χ1n) is 5.91. The van der Waals surface area contributed by atoms with Gasteiger partial charge >= 0.3 is 0 Å². The van der Waals surface area contributed by atoms with Crippen LogP contribution in [0.15, 0.2) is 36.5 Å². The Hall–Kier alpha value is -2.10. The lowest BCUT2D eigenvalue weighted by Gasteiger charge is -2.07. The molecule has 18 heavy (non-hydrogen) atoms. The van der Waals surface area contributed by atoms with Crippen LogP contribution in [0.4, 0.5) is 0 Å². The zero-order valence-electron chi connectivity index (χ0n) is 10.5. The molecular weight excluding hydrogens is 228 g/mol. The van der Waals surface area contributed by atoms with E-state index in [9.17, 15) is 4.79 Å². The van der Waals surface area contributed by atoms with Crippen LogP contribution in [0, 0.1) is 0 Å². The van der Waals surface area contributed by atoms with Crippen molar-refractivity contribution in [2.24, 2.45) is 0 Å². The molecule has 0 saturated carbocycles. The SMILES string of the molecule is CC(C)n1ccc(COc2ccccc2C=O)n1. The van der Waals surface area contributed by atoms with Crippen LogP contribution >= 0.6 is 0 Å². The molecule has 1 aromatic carbocycles. The molecule has 0 bridgehead atoms. The molecule has 0 aliphatic rings. The highest BCUT2D eigenvalue weighted by atomic mass is 16.5. The van der Waals surface area contributed by atoms with Gasteiger partial charge in [-0.3, -0.25) is 9.48 Å². The highest BCUT2D eigenvalue weighted by molar-refractivity contribution is 5.79. The van der Waals surface area contributed by atoms with Crippen LogP contribution in [0.2, 0.25) is 0 Å². The van der Waals surface area contributed by atoms with Crippen LogP contribution in [0.3, 0.4) is 0 Å². The molecule has 0 aliphatic heterocycles. The minimum absolute atomic E-state index is 0.334. The van der Waals surface area contributed by atoms with E-state index in [4.69, 9.17) is 4.74 Å². The first-order chi connectivity index (χ1) is 8.70. The number of ether oxygens (including phenoxy) is 1. The molecule has 0 N–H and O–H groups in total. The maximum atomic E-state index is 10.8. The Bertz CT molecular complexity index is 532. The maximum Gasteiger partial charge on any atom is 0.153 e. The van der Waals surface area contributed by atoms with Crippen molar-refractivity contribution >= 4 is 6.29 Å². The largest absolute Gasteiger partial charge is 0.486 e. The van der Waals surface area contributed by atoms with E-state index < -0.39 is 0 Å². The Morgan fingerprint density at radius 2 is 2.11 bits per heavy atom. The van der Waals surface area contributed by atoms with Gasteiger partial charge in [-0.15, -0.1) is 0 Å². The van der Waals surface area contributed by atoms with Gasteiger partial charge < -0.3 is 4.74 Å². The molecule has 0 spiro atoms. The number of hydrogen-bond acceptors (Lipinski definition) is 3. The molecule has 0 amide bonds. The lowest BCUT2D eigenvalue weighted by atomic mass is 10.2. The third kappa shape index (κ3) is 2.77. The zero-order chi connectivity index (χ0) is 13.0. The van der Waals surface area contributed by atoms with Gasteiger partial charge in [0.1, 0.15) is 12.4 Å². The molecule has 4 heteroatoms. The van der Waals surface area contributed by atoms with Gasteiger partial charge in [-0.25, -0.2) is 0 Å². The van der Waals surface area contributed by atoms with Crippen molar-refractivity contribution in [1.82, 2.24) is 9.78 Å². The van der Waals surface area contributed by atoms with Gasteiger partial charge in [0.15, 0.2) is 6.29 Å². The van der Waals surface area contributed by atoms with E-state index >= 15 is 0 Å². The summed E-state index contributed by atoms with van der Waals surface area (Å²) in [7, 11) is 0. The minimum atomic E-state index is 0.334. The molecule has 0 aliphatic carbocycles. The van der Waals surface area contributed by atoms with E-state index in [2.05, 4.69) is 18.9 Å². The minimum Gasteiger partial charge on any atom is -0.486 e. The van der Waals surface area contributed by atoms with Gasteiger partial charge in [0.05, 0.1) is 11.3 Å². The second-order valence-corrected chi connectivity index (χ2v) is 4.33. The van der Waals surface area contributed by atoms with Crippen LogP contribution in [-0.4, -0.2) is 16.1 Å². The van der Waals surface area contributed by atoms with Crippen molar-refractivity contribution in [2.75, 3.05) is 0 Å². The van der Waals surface area contributed by atoms with Crippen LogP contribution in [-0.2, 0) is 6.61 Å². The van der Waals surface area contributed by atoms with Gasteiger partial charge in [-0.05, 0) is 32.0 Å². The summed E-state index contributed by atoms with van der Waals surface area (Å²) in [5.41, 5.74) is 1.41.